The molecular formula is C13H14ClNO. The highest BCUT2D eigenvalue weighted by Crippen LogP contribution is 2.14. The van der Waals surface area contributed by atoms with Crippen LogP contribution in [0.3, 0.4) is 0 Å². The van der Waals surface area contributed by atoms with Crippen LogP contribution in [-0.2, 0) is 4.79 Å². The fourth-order valence-corrected chi connectivity index (χ4v) is 1.50. The molecule has 0 saturated carbocycles. The van der Waals surface area contributed by atoms with Crippen LogP contribution in [0, 0.1) is 12.3 Å². The molecule has 16 heavy (non-hydrogen) atoms. The number of unbranched alkanes of at least 4 members (excludes halogenated alkanes) is 1. The van der Waals surface area contributed by atoms with Crippen LogP contribution in [0.1, 0.15) is 24.8 Å². The van der Waals surface area contributed by atoms with Crippen LogP contribution < -0.4 is 5.32 Å². The summed E-state index contributed by atoms with van der Waals surface area (Å²) in [6.07, 6.45) is 7.46. The van der Waals surface area contributed by atoms with Crippen molar-refractivity contribution in [3.63, 3.8) is 0 Å². The van der Waals surface area contributed by atoms with E-state index in [4.69, 9.17) is 18.0 Å². The number of benzene rings is 1. The Bertz CT molecular complexity index is 395. The third kappa shape index (κ3) is 3.96. The van der Waals surface area contributed by atoms with Crippen LogP contribution in [-0.4, -0.2) is 11.8 Å². The summed E-state index contributed by atoms with van der Waals surface area (Å²) in [5.41, 5.74) is 1.40. The van der Waals surface area contributed by atoms with E-state index < -0.39 is 0 Å². The molecule has 0 saturated heterocycles. The van der Waals surface area contributed by atoms with Crippen LogP contribution in [0.2, 0.25) is 0 Å². The van der Waals surface area contributed by atoms with Gasteiger partial charge in [0.2, 0.25) is 5.91 Å². The van der Waals surface area contributed by atoms with Gasteiger partial charge < -0.3 is 5.32 Å². The Morgan fingerprint density at radius 2 is 2.12 bits per heavy atom. The van der Waals surface area contributed by atoms with E-state index in [2.05, 4.69) is 11.2 Å². The molecule has 0 spiro atoms. The summed E-state index contributed by atoms with van der Waals surface area (Å²) in [5, 5.41) is 2.80. The minimum atomic E-state index is -0.0205. The van der Waals surface area contributed by atoms with Crippen molar-refractivity contribution in [2.24, 2.45) is 0 Å². The van der Waals surface area contributed by atoms with Gasteiger partial charge in [0.15, 0.2) is 0 Å². The summed E-state index contributed by atoms with van der Waals surface area (Å²) in [4.78, 5) is 11.5. The van der Waals surface area contributed by atoms with Crippen LogP contribution in [0.4, 0.5) is 5.69 Å². The van der Waals surface area contributed by atoms with E-state index in [-0.39, 0.29) is 5.91 Å². The fourth-order valence-electron chi connectivity index (χ4n) is 1.31. The first-order valence-electron chi connectivity index (χ1n) is 5.19. The number of halogens is 1. The third-order valence-corrected chi connectivity index (χ3v) is 2.41. The zero-order valence-corrected chi connectivity index (χ0v) is 9.76. The van der Waals surface area contributed by atoms with E-state index >= 15 is 0 Å². The molecule has 0 unspecified atom stereocenters. The van der Waals surface area contributed by atoms with Crippen molar-refractivity contribution in [3.05, 3.63) is 29.8 Å². The lowest BCUT2D eigenvalue weighted by molar-refractivity contribution is -0.116. The SMILES string of the molecule is C#Cc1ccccc1NC(=O)CCCCCl. The van der Waals surface area contributed by atoms with Gasteiger partial charge in [-0.05, 0) is 25.0 Å². The molecule has 1 aromatic carbocycles. The molecule has 0 aromatic heterocycles. The number of carbonyl (C=O) groups excluding carboxylic acids is 1. The second-order valence-electron chi connectivity index (χ2n) is 3.38. The highest BCUT2D eigenvalue weighted by Gasteiger charge is 2.04. The molecule has 1 aromatic rings. The highest BCUT2D eigenvalue weighted by atomic mass is 35.5. The number of terminal acetylenes is 1. The first kappa shape index (κ1) is 12.6. The number of para-hydroxylation sites is 1. The molecule has 0 heterocycles. The predicted octanol–water partition coefficient (Wildman–Crippen LogP) is 3.02. The van der Waals surface area contributed by atoms with Gasteiger partial charge in [-0.15, -0.1) is 18.0 Å². The van der Waals surface area contributed by atoms with Gasteiger partial charge in [0.1, 0.15) is 0 Å². The monoisotopic (exact) mass is 235 g/mol. The number of carbonyl (C=O) groups is 1. The topological polar surface area (TPSA) is 29.1 Å². The Labute approximate surface area is 101 Å². The molecule has 0 aliphatic rings. The highest BCUT2D eigenvalue weighted by molar-refractivity contribution is 6.17. The maximum absolute atomic E-state index is 11.5. The van der Waals surface area contributed by atoms with Crippen LogP contribution >= 0.6 is 11.6 Å². The average molecular weight is 236 g/mol. The minimum absolute atomic E-state index is 0.0205. The molecule has 1 amide bonds. The van der Waals surface area contributed by atoms with Crippen molar-refractivity contribution in [1.29, 1.82) is 0 Å². The normalized spacial score (nSPS) is 9.50. The summed E-state index contributed by atoms with van der Waals surface area (Å²) in [7, 11) is 0. The zero-order valence-electron chi connectivity index (χ0n) is 9.00. The summed E-state index contributed by atoms with van der Waals surface area (Å²) in [6.45, 7) is 0. The molecule has 3 heteroatoms. The van der Waals surface area contributed by atoms with E-state index in [1.165, 1.54) is 0 Å². The number of hydrogen-bond acceptors (Lipinski definition) is 1. The van der Waals surface area contributed by atoms with Gasteiger partial charge in [0.05, 0.1) is 5.69 Å². The Morgan fingerprint density at radius 3 is 2.81 bits per heavy atom. The largest absolute Gasteiger partial charge is 0.325 e. The maximum Gasteiger partial charge on any atom is 0.224 e. The molecular weight excluding hydrogens is 222 g/mol. The van der Waals surface area contributed by atoms with Crippen molar-refractivity contribution in [3.8, 4) is 12.3 Å². The second-order valence-corrected chi connectivity index (χ2v) is 3.76. The van der Waals surface area contributed by atoms with Crippen LogP contribution in [0.25, 0.3) is 0 Å². The van der Waals surface area contributed by atoms with Crippen molar-refractivity contribution in [2.45, 2.75) is 19.3 Å². The standard InChI is InChI=1S/C13H14ClNO/c1-2-11-7-3-4-8-12(11)15-13(16)9-5-6-10-14/h1,3-4,7-8H,5-6,9-10H2,(H,15,16). The van der Waals surface area contributed by atoms with E-state index in [1.54, 1.807) is 12.1 Å². The molecule has 0 fully saturated rings. The Morgan fingerprint density at radius 1 is 1.38 bits per heavy atom. The van der Waals surface area contributed by atoms with E-state index in [9.17, 15) is 4.79 Å². The number of amides is 1. The lowest BCUT2D eigenvalue weighted by Crippen LogP contribution is -2.12. The Hall–Kier alpha value is -1.46. The van der Waals surface area contributed by atoms with Crippen molar-refractivity contribution in [1.82, 2.24) is 0 Å². The van der Waals surface area contributed by atoms with Crippen molar-refractivity contribution in [2.75, 3.05) is 11.2 Å². The summed E-state index contributed by atoms with van der Waals surface area (Å²) in [6, 6.07) is 7.29. The van der Waals surface area contributed by atoms with Gasteiger partial charge in [-0.2, -0.15) is 0 Å². The smallest absolute Gasteiger partial charge is 0.224 e. The summed E-state index contributed by atoms with van der Waals surface area (Å²) < 4.78 is 0. The third-order valence-electron chi connectivity index (χ3n) is 2.14. The number of anilines is 1. The first-order chi connectivity index (χ1) is 7.77. The van der Waals surface area contributed by atoms with Gasteiger partial charge >= 0.3 is 0 Å². The van der Waals surface area contributed by atoms with Gasteiger partial charge in [-0.1, -0.05) is 18.1 Å². The molecule has 0 bridgehead atoms. The molecule has 0 aliphatic heterocycles. The van der Waals surface area contributed by atoms with E-state index in [1.807, 2.05) is 12.1 Å². The van der Waals surface area contributed by atoms with Crippen molar-refractivity contribution < 1.29 is 4.79 Å². The molecule has 0 aliphatic carbocycles. The van der Waals surface area contributed by atoms with Crippen LogP contribution in [0.15, 0.2) is 24.3 Å². The average Bonchev–Trinajstić information content (AvgIpc) is 2.30. The number of rotatable bonds is 5. The lowest BCUT2D eigenvalue weighted by atomic mass is 10.1. The second kappa shape index (κ2) is 6.92. The van der Waals surface area contributed by atoms with E-state index in [0.29, 0.717) is 23.6 Å². The Balaban J connectivity index is 2.53. The molecule has 84 valence electrons. The van der Waals surface area contributed by atoms with Gasteiger partial charge in [-0.3, -0.25) is 4.79 Å². The Kier molecular flexibility index (Phi) is 5.45. The minimum Gasteiger partial charge on any atom is -0.325 e. The van der Waals surface area contributed by atoms with Gasteiger partial charge in [0.25, 0.3) is 0 Å². The first-order valence-corrected chi connectivity index (χ1v) is 5.73. The zero-order chi connectivity index (χ0) is 11.8. The molecule has 2 nitrogen and oxygen atoms in total. The molecule has 1 rings (SSSR count). The quantitative estimate of drug-likeness (QED) is 0.475. The molecule has 0 atom stereocenters. The fraction of sp³-hybridized carbons (Fsp3) is 0.308. The lowest BCUT2D eigenvalue weighted by Gasteiger charge is -2.06. The number of hydrogen-bond donors (Lipinski definition) is 1. The van der Waals surface area contributed by atoms with Gasteiger partial charge in [-0.25, -0.2) is 0 Å². The van der Waals surface area contributed by atoms with Crippen molar-refractivity contribution >= 4 is 23.2 Å². The van der Waals surface area contributed by atoms with E-state index in [0.717, 1.165) is 12.8 Å². The summed E-state index contributed by atoms with van der Waals surface area (Å²) >= 11 is 5.53. The summed E-state index contributed by atoms with van der Waals surface area (Å²) in [5.74, 6) is 3.10. The number of alkyl halides is 1. The molecule has 0 radical (unpaired) electrons. The predicted molar refractivity (Wildman–Crippen MR) is 67.6 cm³/mol. The number of nitrogens with one attached hydrogen (secondary N) is 1. The van der Waals surface area contributed by atoms with Gasteiger partial charge in [0, 0.05) is 17.9 Å². The van der Waals surface area contributed by atoms with Crippen LogP contribution in [0.5, 0.6) is 0 Å². The maximum atomic E-state index is 11.5. The molecule has 1 N–H and O–H groups in total.